The summed E-state index contributed by atoms with van der Waals surface area (Å²) in [5.74, 6) is 2.00. The molecular weight excluding hydrogens is 382 g/mol. The van der Waals surface area contributed by atoms with Crippen LogP contribution in [0.4, 0.5) is 5.69 Å². The van der Waals surface area contributed by atoms with Crippen LogP contribution in [0.5, 0.6) is 17.2 Å². The standard InChI is InChI=1S/C23H29N3O4/c1-2-25(16-18-3-8-21-22(15-18)30-14-13-29-21)23(28)17-24-9-11-26(12-10-24)19-4-6-20(27)7-5-19/h3-8,15,27H,2,9-14,16-17H2,1H3/p+1. The number of quaternary nitrogens is 1. The first-order chi connectivity index (χ1) is 14.6. The number of amides is 1. The van der Waals surface area contributed by atoms with Crippen LogP contribution in [-0.4, -0.2) is 68.4 Å². The van der Waals surface area contributed by atoms with Crippen LogP contribution in [0, 0.1) is 0 Å². The van der Waals surface area contributed by atoms with Gasteiger partial charge in [-0.25, -0.2) is 0 Å². The van der Waals surface area contributed by atoms with E-state index in [9.17, 15) is 9.90 Å². The van der Waals surface area contributed by atoms with Gasteiger partial charge in [0.2, 0.25) is 0 Å². The molecule has 2 aliphatic heterocycles. The van der Waals surface area contributed by atoms with E-state index in [4.69, 9.17) is 9.47 Å². The summed E-state index contributed by atoms with van der Waals surface area (Å²) in [5.41, 5.74) is 2.17. The Balaban J connectivity index is 1.30. The highest BCUT2D eigenvalue weighted by Gasteiger charge is 2.25. The van der Waals surface area contributed by atoms with Crippen LogP contribution < -0.4 is 19.3 Å². The molecule has 1 fully saturated rings. The Morgan fingerprint density at radius 2 is 1.77 bits per heavy atom. The van der Waals surface area contributed by atoms with E-state index < -0.39 is 0 Å². The monoisotopic (exact) mass is 412 g/mol. The van der Waals surface area contributed by atoms with Crippen molar-refractivity contribution in [1.29, 1.82) is 0 Å². The van der Waals surface area contributed by atoms with Gasteiger partial charge >= 0.3 is 0 Å². The van der Waals surface area contributed by atoms with Crippen molar-refractivity contribution in [3.05, 3.63) is 48.0 Å². The number of ether oxygens (including phenoxy) is 2. The summed E-state index contributed by atoms with van der Waals surface area (Å²) in [5, 5.41) is 9.46. The number of hydrogen-bond donors (Lipinski definition) is 2. The second-order valence-electron chi connectivity index (χ2n) is 7.82. The number of nitrogens with one attached hydrogen (secondary N) is 1. The minimum absolute atomic E-state index is 0.181. The lowest BCUT2D eigenvalue weighted by molar-refractivity contribution is -0.892. The van der Waals surface area contributed by atoms with E-state index in [1.54, 1.807) is 12.1 Å². The van der Waals surface area contributed by atoms with Crippen molar-refractivity contribution < 1.29 is 24.3 Å². The molecular formula is C23H30N3O4+. The van der Waals surface area contributed by atoms with Crippen molar-refractivity contribution in [3.8, 4) is 17.2 Å². The number of benzene rings is 2. The van der Waals surface area contributed by atoms with Gasteiger partial charge in [0.25, 0.3) is 5.91 Å². The van der Waals surface area contributed by atoms with Crippen molar-refractivity contribution in [3.63, 3.8) is 0 Å². The third-order valence-corrected chi connectivity index (χ3v) is 5.80. The zero-order chi connectivity index (χ0) is 20.9. The SMILES string of the molecule is CCN(Cc1ccc2c(c1)OCCO2)C(=O)C[NH+]1CCN(c2ccc(O)cc2)CC1. The van der Waals surface area contributed by atoms with E-state index >= 15 is 0 Å². The van der Waals surface area contributed by atoms with Crippen LogP contribution in [0.3, 0.4) is 0 Å². The van der Waals surface area contributed by atoms with Crippen LogP contribution in [-0.2, 0) is 11.3 Å². The minimum atomic E-state index is 0.181. The fraction of sp³-hybridized carbons (Fsp3) is 0.435. The third kappa shape index (κ3) is 4.79. The molecule has 0 bridgehead atoms. The van der Waals surface area contributed by atoms with Crippen molar-refractivity contribution in [1.82, 2.24) is 4.90 Å². The summed E-state index contributed by atoms with van der Waals surface area (Å²) >= 11 is 0. The molecule has 4 rings (SSSR count). The average molecular weight is 413 g/mol. The highest BCUT2D eigenvalue weighted by molar-refractivity contribution is 5.77. The van der Waals surface area contributed by atoms with Gasteiger partial charge in [-0.1, -0.05) is 6.07 Å². The van der Waals surface area contributed by atoms with E-state index in [0.717, 1.165) is 48.9 Å². The summed E-state index contributed by atoms with van der Waals surface area (Å²) in [6.07, 6.45) is 0. The molecule has 0 saturated carbocycles. The fourth-order valence-electron chi connectivity index (χ4n) is 4.03. The molecule has 1 saturated heterocycles. The number of phenolic OH excluding ortho intramolecular Hbond substituents is 1. The summed E-state index contributed by atoms with van der Waals surface area (Å²) in [6.45, 7) is 8.60. The first-order valence-corrected chi connectivity index (χ1v) is 10.7. The molecule has 2 N–H and O–H groups in total. The maximum Gasteiger partial charge on any atom is 0.278 e. The Morgan fingerprint density at radius 3 is 2.47 bits per heavy atom. The lowest BCUT2D eigenvalue weighted by Gasteiger charge is -2.34. The second-order valence-corrected chi connectivity index (χ2v) is 7.82. The Kier molecular flexibility index (Phi) is 6.28. The first kappa shape index (κ1) is 20.3. The third-order valence-electron chi connectivity index (χ3n) is 5.80. The summed E-state index contributed by atoms with van der Waals surface area (Å²) in [6, 6.07) is 13.2. The second kappa shape index (κ2) is 9.26. The van der Waals surface area contributed by atoms with E-state index in [-0.39, 0.29) is 11.7 Å². The average Bonchev–Trinajstić information content (AvgIpc) is 2.78. The highest BCUT2D eigenvalue weighted by Crippen LogP contribution is 2.31. The van der Waals surface area contributed by atoms with E-state index in [2.05, 4.69) is 4.90 Å². The molecule has 0 radical (unpaired) electrons. The zero-order valence-corrected chi connectivity index (χ0v) is 17.5. The molecule has 2 aliphatic rings. The predicted molar refractivity (Wildman–Crippen MR) is 114 cm³/mol. The van der Waals surface area contributed by atoms with Gasteiger partial charge in [-0.15, -0.1) is 0 Å². The number of nitrogens with zero attached hydrogens (tertiary/aromatic N) is 2. The lowest BCUT2D eigenvalue weighted by Crippen LogP contribution is -3.15. The van der Waals surface area contributed by atoms with Gasteiger partial charge in [0.05, 0.1) is 26.2 Å². The van der Waals surface area contributed by atoms with Crippen molar-refractivity contribution in [2.24, 2.45) is 0 Å². The lowest BCUT2D eigenvalue weighted by atomic mass is 10.1. The summed E-state index contributed by atoms with van der Waals surface area (Å²) in [4.78, 5) is 18.5. The van der Waals surface area contributed by atoms with Crippen molar-refractivity contribution in [2.45, 2.75) is 13.5 Å². The molecule has 1 amide bonds. The van der Waals surface area contributed by atoms with Crippen LogP contribution in [0.2, 0.25) is 0 Å². The van der Waals surface area contributed by atoms with Gasteiger partial charge in [0.15, 0.2) is 18.0 Å². The highest BCUT2D eigenvalue weighted by atomic mass is 16.6. The topological polar surface area (TPSA) is 66.7 Å². The molecule has 2 heterocycles. The molecule has 0 aromatic heterocycles. The fourth-order valence-corrected chi connectivity index (χ4v) is 4.03. The molecule has 0 spiro atoms. The van der Waals surface area contributed by atoms with Crippen molar-refractivity contribution >= 4 is 11.6 Å². The molecule has 30 heavy (non-hydrogen) atoms. The molecule has 2 aromatic carbocycles. The number of piperazine rings is 1. The molecule has 0 aliphatic carbocycles. The molecule has 2 aromatic rings. The number of anilines is 1. The maximum absolute atomic E-state index is 12.9. The van der Waals surface area contributed by atoms with E-state index in [0.29, 0.717) is 32.8 Å². The number of hydrogen-bond acceptors (Lipinski definition) is 5. The predicted octanol–water partition coefficient (Wildman–Crippen LogP) is 0.917. The van der Waals surface area contributed by atoms with Crippen LogP contribution in [0.25, 0.3) is 0 Å². The van der Waals surface area contributed by atoms with Gasteiger partial charge in [-0.05, 0) is 48.9 Å². The first-order valence-electron chi connectivity index (χ1n) is 10.7. The number of rotatable bonds is 6. The number of fused-ring (bicyclic) bond motifs is 1. The van der Waals surface area contributed by atoms with E-state index in [1.165, 1.54) is 4.90 Å². The maximum atomic E-state index is 12.9. The van der Waals surface area contributed by atoms with Crippen LogP contribution in [0.15, 0.2) is 42.5 Å². The van der Waals surface area contributed by atoms with Gasteiger partial charge < -0.3 is 29.3 Å². The summed E-state index contributed by atoms with van der Waals surface area (Å²) < 4.78 is 11.2. The number of aromatic hydroxyl groups is 1. The largest absolute Gasteiger partial charge is 0.508 e. The quantitative estimate of drug-likeness (QED) is 0.739. The number of carbonyl (C=O) groups excluding carboxylic acids is 1. The van der Waals surface area contributed by atoms with Gasteiger partial charge in [-0.3, -0.25) is 4.79 Å². The van der Waals surface area contributed by atoms with Crippen LogP contribution in [0.1, 0.15) is 12.5 Å². The normalized spacial score (nSPS) is 16.4. The number of likely N-dealkylation sites (N-methyl/N-ethyl adjacent to an activating group) is 1. The van der Waals surface area contributed by atoms with Crippen LogP contribution >= 0.6 is 0 Å². The van der Waals surface area contributed by atoms with Gasteiger partial charge in [-0.2, -0.15) is 0 Å². The molecule has 0 unspecified atom stereocenters. The number of phenols is 1. The molecule has 7 nitrogen and oxygen atoms in total. The van der Waals surface area contributed by atoms with Gasteiger partial charge in [0, 0.05) is 18.8 Å². The molecule has 0 atom stereocenters. The van der Waals surface area contributed by atoms with E-state index in [1.807, 2.05) is 42.2 Å². The smallest absolute Gasteiger partial charge is 0.278 e. The molecule has 160 valence electrons. The Morgan fingerprint density at radius 1 is 1.07 bits per heavy atom. The zero-order valence-electron chi connectivity index (χ0n) is 17.5. The Bertz CT molecular complexity index is 863. The minimum Gasteiger partial charge on any atom is -0.508 e. The van der Waals surface area contributed by atoms with Gasteiger partial charge in [0.1, 0.15) is 19.0 Å². The summed E-state index contributed by atoms with van der Waals surface area (Å²) in [7, 11) is 0. The molecule has 7 heteroatoms. The van der Waals surface area contributed by atoms with Crippen molar-refractivity contribution in [2.75, 3.05) is 57.4 Å². The number of carbonyl (C=O) groups is 1. The Labute approximate surface area is 177 Å². The Hall–Kier alpha value is -2.93.